The van der Waals surface area contributed by atoms with Crippen LogP contribution in [-0.2, 0) is 0 Å². The average Bonchev–Trinajstić information content (AvgIpc) is 0.820. The van der Waals surface area contributed by atoms with E-state index in [1.807, 2.05) is 122 Å². The van der Waals surface area contributed by atoms with Crippen LogP contribution in [0.1, 0.15) is 159 Å². The lowest BCUT2D eigenvalue weighted by Crippen LogP contribution is -2.62. The first kappa shape index (κ1) is 102. The molecule has 0 aliphatic carbocycles. The summed E-state index contributed by atoms with van der Waals surface area (Å²) in [5.74, 6) is 0. The molecule has 0 rings (SSSR count). The highest BCUT2D eigenvalue weighted by Gasteiger charge is 2.43. The molecule has 0 bridgehead atoms. The molecule has 91 heavy (non-hydrogen) atoms. The molecule has 0 aromatic carbocycles. The Morgan fingerprint density at radius 2 is 0.538 bits per heavy atom. The zero-order valence-corrected chi connectivity index (χ0v) is 64.1. The van der Waals surface area contributed by atoms with Crippen LogP contribution in [0.5, 0.6) is 0 Å². The Kier molecular flexibility index (Phi) is 59.1. The standard InChI is InChI=1S/2C15H27N.C13H23N.C10H19N.C9H15N.C8H15N.C7H13N.C6H11N/c2*1-10-13(4,5)16(14(6,7)11-2)15(8,9)12-3;1-8-11(4)14(12(5)9-2)13(6,7)10-3;1-7-9(3,4)11-10(5,6)8-2;1-4-7-10(8-5-2)9-6-3;1-5-7(3)9-8(4)6-2;1-4-6-8-7(3)5-2;1-3-5-7-6-4-2/h2*10-12H,1-3H2,4-9H3;8-12H,1-3H2,4-7H3;7-8,11H,1-2H2,3-6H3;4-6H,1-3,7-9H2;5-9H,1-2H2,3-4H3;4-5,7-8H,1-2,6H2,3H3;3-4,7H,1-2,5-6H2. The second-order valence-electron chi connectivity index (χ2n) is 27.3. The van der Waals surface area contributed by atoms with Gasteiger partial charge in [-0.05, 0) is 159 Å². The summed E-state index contributed by atoms with van der Waals surface area (Å²) >= 11 is 0. The molecule has 0 aliphatic rings. The average molecular weight is 1260 g/mol. The van der Waals surface area contributed by atoms with Crippen LogP contribution in [0.4, 0.5) is 0 Å². The minimum atomic E-state index is -0.116. The third kappa shape index (κ3) is 48.8. The quantitative estimate of drug-likeness (QED) is 0.0358. The maximum atomic E-state index is 3.94. The minimum Gasteiger partial charge on any atom is -0.310 e. The Bertz CT molecular complexity index is 1920. The van der Waals surface area contributed by atoms with E-state index in [4.69, 9.17) is 0 Å². The second-order valence-corrected chi connectivity index (χ2v) is 27.3. The molecule has 0 spiro atoms. The maximum Gasteiger partial charge on any atom is 0.0348 e. The normalized spacial score (nSPS) is 13.2. The lowest BCUT2D eigenvalue weighted by molar-refractivity contribution is 0.00311. The van der Waals surface area contributed by atoms with Crippen LogP contribution in [0, 0.1) is 0 Å². The van der Waals surface area contributed by atoms with Gasteiger partial charge in [-0.2, -0.15) is 0 Å². The van der Waals surface area contributed by atoms with Gasteiger partial charge in [0, 0.05) is 119 Å². The highest BCUT2D eigenvalue weighted by atomic mass is 15.3. The second kappa shape index (κ2) is 52.9. The lowest BCUT2D eigenvalue weighted by atomic mass is 9.85. The zero-order chi connectivity index (χ0) is 73.9. The smallest absolute Gasteiger partial charge is 0.0348 e. The van der Waals surface area contributed by atoms with E-state index in [0.29, 0.717) is 30.2 Å². The molecule has 0 radical (unpaired) electrons. The summed E-state index contributed by atoms with van der Waals surface area (Å²) in [5.41, 5.74) is -0.795. The Balaban J connectivity index is -0.000000146. The molecule has 0 aromatic heterocycles. The third-order valence-corrected chi connectivity index (χ3v) is 14.8. The van der Waals surface area contributed by atoms with Crippen LogP contribution in [0.2, 0.25) is 0 Å². The van der Waals surface area contributed by atoms with Gasteiger partial charge in [0.15, 0.2) is 0 Å². The molecule has 0 heterocycles. The first-order valence-electron chi connectivity index (χ1n) is 32.2. The van der Waals surface area contributed by atoms with Gasteiger partial charge in [0.2, 0.25) is 0 Å². The molecule has 5 unspecified atom stereocenters. The molecule has 0 saturated carbocycles. The number of nitrogens with zero attached hydrogens (tertiary/aromatic N) is 4. The van der Waals surface area contributed by atoms with Gasteiger partial charge in [-0.3, -0.25) is 24.9 Å². The van der Waals surface area contributed by atoms with Gasteiger partial charge in [0.1, 0.15) is 0 Å². The maximum absolute atomic E-state index is 3.94. The van der Waals surface area contributed by atoms with Crippen molar-refractivity contribution in [2.24, 2.45) is 0 Å². The van der Waals surface area contributed by atoms with Crippen LogP contribution in [0.15, 0.2) is 253 Å². The molecule has 0 aromatic rings. The van der Waals surface area contributed by atoms with Gasteiger partial charge in [-0.1, -0.05) is 122 Å². The Labute approximate surface area is 569 Å². The zero-order valence-electron chi connectivity index (χ0n) is 64.1. The highest BCUT2D eigenvalue weighted by Crippen LogP contribution is 2.37. The fraction of sp³-hybridized carbons (Fsp3) is 0.518. The van der Waals surface area contributed by atoms with Gasteiger partial charge in [-0.15, -0.1) is 132 Å². The molecule has 4 N–H and O–H groups in total. The summed E-state index contributed by atoms with van der Waals surface area (Å²) in [7, 11) is 0. The molecule has 0 amide bonds. The van der Waals surface area contributed by atoms with Crippen LogP contribution in [0.25, 0.3) is 0 Å². The molecule has 522 valence electrons. The van der Waals surface area contributed by atoms with E-state index in [0.717, 1.165) is 39.3 Å². The first-order valence-corrected chi connectivity index (χ1v) is 32.2. The van der Waals surface area contributed by atoms with Gasteiger partial charge in [-0.25, -0.2) is 0 Å². The predicted octanol–water partition coefficient (Wildman–Crippen LogP) is 20.1. The summed E-state index contributed by atoms with van der Waals surface area (Å²) in [6.45, 7) is 130. The monoisotopic (exact) mass is 1260 g/mol. The van der Waals surface area contributed by atoms with E-state index in [2.05, 4.69) is 332 Å². The molecular formula is C83H150N8. The van der Waals surface area contributed by atoms with E-state index in [1.54, 1.807) is 0 Å². The van der Waals surface area contributed by atoms with Crippen molar-refractivity contribution in [3.63, 3.8) is 0 Å². The SMILES string of the molecule is C=CC(C)(C)N(C(C)(C)C=C)C(C)(C)C=C.C=CC(C)(C)N(C(C)(C)C=C)C(C)(C)C=C.C=CC(C)(C)NC(C)(C)C=C.C=CC(C)N(C(C)C=C)C(C)(C)C=C.C=CC(C)NC(C)C=C.C=CCN(CC=C)CC=C.C=CCNC(C)C=C.C=CCNCC=C. The predicted molar refractivity (Wildman–Crippen MR) is 427 cm³/mol. The Hall–Kier alpha value is -5.52. The van der Waals surface area contributed by atoms with Crippen molar-refractivity contribution in [2.45, 2.75) is 239 Å². The lowest BCUT2D eigenvalue weighted by Gasteiger charge is -2.54. The summed E-state index contributed by atoms with van der Waals surface area (Å²) in [6, 6.07) is 1.77. The molecule has 8 nitrogen and oxygen atoms in total. The Morgan fingerprint density at radius 3 is 0.714 bits per heavy atom. The topological polar surface area (TPSA) is 61.1 Å². The van der Waals surface area contributed by atoms with E-state index in [1.165, 1.54) is 0 Å². The van der Waals surface area contributed by atoms with Crippen LogP contribution >= 0.6 is 0 Å². The summed E-state index contributed by atoms with van der Waals surface area (Å²) in [6.07, 6.45) is 38.3. The first-order chi connectivity index (χ1) is 41.6. The summed E-state index contributed by atoms with van der Waals surface area (Å²) in [5, 5.41) is 12.8. The van der Waals surface area contributed by atoms with Crippen LogP contribution in [0.3, 0.4) is 0 Å². The van der Waals surface area contributed by atoms with Crippen molar-refractivity contribution in [2.75, 3.05) is 39.3 Å². The van der Waals surface area contributed by atoms with Crippen molar-refractivity contribution in [1.82, 2.24) is 40.9 Å². The minimum absolute atomic E-state index is 0.0301. The van der Waals surface area contributed by atoms with Crippen molar-refractivity contribution in [1.29, 1.82) is 0 Å². The molecule has 0 aliphatic heterocycles. The summed E-state index contributed by atoms with van der Waals surface area (Å²) in [4.78, 5) is 9.27. The van der Waals surface area contributed by atoms with Gasteiger partial charge < -0.3 is 16.0 Å². The number of nitrogens with one attached hydrogen (secondary N) is 4. The summed E-state index contributed by atoms with van der Waals surface area (Å²) < 4.78 is 0. The third-order valence-electron chi connectivity index (χ3n) is 14.8. The van der Waals surface area contributed by atoms with Crippen molar-refractivity contribution < 1.29 is 0 Å². The van der Waals surface area contributed by atoms with Crippen LogP contribution in [-0.4, -0.2) is 139 Å². The van der Waals surface area contributed by atoms with Gasteiger partial charge >= 0.3 is 0 Å². The molecular weight excluding hydrogens is 1110 g/mol. The number of hydrogen-bond donors (Lipinski definition) is 4. The van der Waals surface area contributed by atoms with E-state index in [-0.39, 0.29) is 49.9 Å². The molecule has 5 atom stereocenters. The van der Waals surface area contributed by atoms with Crippen molar-refractivity contribution in [3.8, 4) is 0 Å². The van der Waals surface area contributed by atoms with E-state index < -0.39 is 0 Å². The number of hydrogen-bond acceptors (Lipinski definition) is 8. The number of rotatable bonds is 40. The fourth-order valence-electron chi connectivity index (χ4n) is 9.65. The Morgan fingerprint density at radius 1 is 0.297 bits per heavy atom. The largest absolute Gasteiger partial charge is 0.310 e. The molecule has 0 fully saturated rings. The van der Waals surface area contributed by atoms with E-state index >= 15 is 0 Å². The van der Waals surface area contributed by atoms with Gasteiger partial charge in [0.25, 0.3) is 0 Å². The molecule has 8 heteroatoms. The van der Waals surface area contributed by atoms with E-state index in [9.17, 15) is 0 Å². The fourth-order valence-corrected chi connectivity index (χ4v) is 9.65. The molecule has 0 saturated heterocycles. The van der Waals surface area contributed by atoms with Crippen molar-refractivity contribution in [3.05, 3.63) is 253 Å². The highest BCUT2D eigenvalue weighted by molar-refractivity contribution is 5.18. The van der Waals surface area contributed by atoms with Gasteiger partial charge in [0.05, 0.1) is 0 Å². The van der Waals surface area contributed by atoms with Crippen molar-refractivity contribution >= 4 is 0 Å². The van der Waals surface area contributed by atoms with Crippen LogP contribution < -0.4 is 21.3 Å².